The summed E-state index contributed by atoms with van der Waals surface area (Å²) in [4.78, 5) is 8.36. The van der Waals surface area contributed by atoms with Crippen molar-refractivity contribution in [3.8, 4) is 0 Å². The van der Waals surface area contributed by atoms with E-state index < -0.39 is 0 Å². The third-order valence-corrected chi connectivity index (χ3v) is 3.02. The lowest BCUT2D eigenvalue weighted by molar-refractivity contribution is 1.41. The molecule has 0 atom stereocenters. The average Bonchev–Trinajstić information content (AvgIpc) is 2.56. The van der Waals surface area contributed by atoms with Crippen LogP contribution in [0.1, 0.15) is 0 Å². The van der Waals surface area contributed by atoms with E-state index >= 15 is 0 Å². The summed E-state index contributed by atoms with van der Waals surface area (Å²) in [5.74, 6) is 0. The highest BCUT2D eigenvalue weighted by atomic mass is 27.0. The first kappa shape index (κ1) is 15.2. The first-order chi connectivity index (χ1) is 9.93. The molecular formula is C18H17AlN2. The maximum Gasteiger partial charge on any atom is 0.187 e. The molecule has 0 unspecified atom stereocenters. The Balaban J connectivity index is 0.000000147. The fourth-order valence-electron chi connectivity index (χ4n) is 2.03. The number of hydrogen-bond acceptors (Lipinski definition) is 2. The number of fused-ring (bicyclic) bond motifs is 2. The largest absolute Gasteiger partial charge is 0.256 e. The second-order valence-corrected chi connectivity index (χ2v) is 4.39. The summed E-state index contributed by atoms with van der Waals surface area (Å²) in [6.07, 6.45) is 3.62. The van der Waals surface area contributed by atoms with Crippen molar-refractivity contribution in [3.05, 3.63) is 85.2 Å². The molecule has 2 heterocycles. The van der Waals surface area contributed by atoms with E-state index in [1.807, 2.05) is 60.9 Å². The van der Waals surface area contributed by atoms with Gasteiger partial charge in [0.05, 0.1) is 11.0 Å². The maximum absolute atomic E-state index is 4.18. The minimum Gasteiger partial charge on any atom is -0.256 e. The smallest absolute Gasteiger partial charge is 0.187 e. The Morgan fingerprint density at radius 1 is 0.476 bits per heavy atom. The number of rotatable bonds is 0. The van der Waals surface area contributed by atoms with Gasteiger partial charge in [-0.05, 0) is 24.3 Å². The molecule has 4 aromatic rings. The summed E-state index contributed by atoms with van der Waals surface area (Å²) in [5.41, 5.74) is 2.12. The Morgan fingerprint density at radius 3 is 1.29 bits per heavy atom. The van der Waals surface area contributed by atoms with Crippen molar-refractivity contribution in [2.45, 2.75) is 0 Å². The van der Waals surface area contributed by atoms with Crippen molar-refractivity contribution >= 4 is 39.2 Å². The molecule has 0 saturated heterocycles. The van der Waals surface area contributed by atoms with Gasteiger partial charge in [0.25, 0.3) is 0 Å². The Kier molecular flexibility index (Phi) is 5.45. The van der Waals surface area contributed by atoms with Gasteiger partial charge in [0, 0.05) is 23.2 Å². The SMILES string of the molecule is [AlH3].c1ccc2ncccc2c1.c1ccc2ncccc2c1. The minimum absolute atomic E-state index is 0. The molecule has 4 rings (SSSR count). The number of pyridine rings is 2. The molecule has 0 amide bonds. The summed E-state index contributed by atoms with van der Waals surface area (Å²) in [7, 11) is 0. The van der Waals surface area contributed by atoms with Crippen LogP contribution in [0.3, 0.4) is 0 Å². The first-order valence-electron chi connectivity index (χ1n) is 6.53. The van der Waals surface area contributed by atoms with Crippen LogP contribution in [0, 0.1) is 0 Å². The maximum atomic E-state index is 4.18. The molecule has 0 spiro atoms. The van der Waals surface area contributed by atoms with Gasteiger partial charge in [-0.3, -0.25) is 9.97 Å². The van der Waals surface area contributed by atoms with Gasteiger partial charge in [0.1, 0.15) is 0 Å². The van der Waals surface area contributed by atoms with Gasteiger partial charge >= 0.3 is 0 Å². The summed E-state index contributed by atoms with van der Waals surface area (Å²) in [6, 6.07) is 24.2. The van der Waals surface area contributed by atoms with Crippen molar-refractivity contribution in [1.82, 2.24) is 9.97 Å². The van der Waals surface area contributed by atoms with Gasteiger partial charge in [-0.1, -0.05) is 48.5 Å². The van der Waals surface area contributed by atoms with Crippen LogP contribution < -0.4 is 0 Å². The molecule has 0 N–H and O–H groups in total. The molecule has 0 fully saturated rings. The number of aromatic nitrogens is 2. The lowest BCUT2D eigenvalue weighted by Crippen LogP contribution is -1.73. The molecule has 3 heteroatoms. The predicted octanol–water partition coefficient (Wildman–Crippen LogP) is 3.29. The zero-order valence-electron chi connectivity index (χ0n) is 11.0. The standard InChI is InChI=1S/2C9H7N.Al.3H/c2*1-2-6-9-8(4-1)5-3-7-10-9;;;;/h2*1-7H;;;;. The quantitative estimate of drug-likeness (QED) is 0.464. The number of nitrogens with zero attached hydrogens (tertiary/aromatic N) is 2. The fraction of sp³-hybridized carbons (Fsp3) is 0. The van der Waals surface area contributed by atoms with Crippen LogP contribution in [0.5, 0.6) is 0 Å². The van der Waals surface area contributed by atoms with E-state index in [0.717, 1.165) is 11.0 Å². The van der Waals surface area contributed by atoms with Crippen LogP contribution in [0.25, 0.3) is 21.8 Å². The zero-order chi connectivity index (χ0) is 13.6. The number of para-hydroxylation sites is 2. The van der Waals surface area contributed by atoms with Crippen LogP contribution in [0.4, 0.5) is 0 Å². The van der Waals surface area contributed by atoms with Crippen molar-refractivity contribution in [2.24, 2.45) is 0 Å². The van der Waals surface area contributed by atoms with Crippen molar-refractivity contribution in [1.29, 1.82) is 0 Å². The highest BCUT2D eigenvalue weighted by Crippen LogP contribution is 2.08. The Hall–Kier alpha value is -2.21. The second-order valence-electron chi connectivity index (χ2n) is 4.39. The summed E-state index contributed by atoms with van der Waals surface area (Å²) in [6.45, 7) is 0. The fourth-order valence-corrected chi connectivity index (χ4v) is 2.03. The average molecular weight is 288 g/mol. The van der Waals surface area contributed by atoms with Crippen molar-refractivity contribution < 1.29 is 0 Å². The molecule has 0 bridgehead atoms. The monoisotopic (exact) mass is 288 g/mol. The number of hydrogen-bond donors (Lipinski definition) is 0. The summed E-state index contributed by atoms with van der Waals surface area (Å²) in [5, 5.41) is 2.40. The molecule has 0 saturated carbocycles. The molecule has 0 aliphatic carbocycles. The molecule has 0 radical (unpaired) electrons. The molecule has 21 heavy (non-hydrogen) atoms. The van der Waals surface area contributed by atoms with E-state index in [0.29, 0.717) is 0 Å². The van der Waals surface area contributed by atoms with Gasteiger partial charge < -0.3 is 0 Å². The zero-order valence-corrected chi connectivity index (χ0v) is 11.0. The van der Waals surface area contributed by atoms with Crippen LogP contribution in [-0.2, 0) is 0 Å². The van der Waals surface area contributed by atoms with Gasteiger partial charge in [-0.15, -0.1) is 0 Å². The lowest BCUT2D eigenvalue weighted by Gasteiger charge is -1.91. The van der Waals surface area contributed by atoms with E-state index in [2.05, 4.69) is 34.2 Å². The molecule has 2 nitrogen and oxygen atoms in total. The highest BCUT2D eigenvalue weighted by Gasteiger charge is 1.87. The topological polar surface area (TPSA) is 25.8 Å². The van der Waals surface area contributed by atoms with Gasteiger partial charge in [0.15, 0.2) is 17.4 Å². The summed E-state index contributed by atoms with van der Waals surface area (Å²) < 4.78 is 0. The third-order valence-electron chi connectivity index (χ3n) is 3.02. The molecule has 0 aliphatic rings. The molecule has 2 aromatic heterocycles. The molecular weight excluding hydrogens is 271 g/mol. The lowest BCUT2D eigenvalue weighted by atomic mass is 10.2. The molecule has 102 valence electrons. The second kappa shape index (κ2) is 7.54. The van der Waals surface area contributed by atoms with Crippen molar-refractivity contribution in [2.75, 3.05) is 0 Å². The third kappa shape index (κ3) is 3.89. The molecule has 2 aromatic carbocycles. The Labute approximate surface area is 134 Å². The Bertz CT molecular complexity index is 628. The number of benzene rings is 2. The first-order valence-corrected chi connectivity index (χ1v) is 6.53. The van der Waals surface area contributed by atoms with Crippen molar-refractivity contribution in [3.63, 3.8) is 0 Å². The normalized spacial score (nSPS) is 9.52. The van der Waals surface area contributed by atoms with E-state index in [1.54, 1.807) is 0 Å². The van der Waals surface area contributed by atoms with E-state index in [9.17, 15) is 0 Å². The van der Waals surface area contributed by atoms with Gasteiger partial charge in [-0.25, -0.2) is 0 Å². The van der Waals surface area contributed by atoms with Gasteiger partial charge in [0.2, 0.25) is 0 Å². The van der Waals surface area contributed by atoms with E-state index in [-0.39, 0.29) is 17.4 Å². The Morgan fingerprint density at radius 2 is 0.857 bits per heavy atom. The predicted molar refractivity (Wildman–Crippen MR) is 93.4 cm³/mol. The minimum atomic E-state index is 0. The highest BCUT2D eigenvalue weighted by molar-refractivity contribution is 5.78. The van der Waals surface area contributed by atoms with Gasteiger partial charge in [-0.2, -0.15) is 0 Å². The van der Waals surface area contributed by atoms with Crippen LogP contribution in [0.15, 0.2) is 85.2 Å². The molecule has 0 aliphatic heterocycles. The van der Waals surface area contributed by atoms with E-state index in [1.165, 1.54) is 10.8 Å². The van der Waals surface area contributed by atoms with Crippen LogP contribution >= 0.6 is 0 Å². The summed E-state index contributed by atoms with van der Waals surface area (Å²) >= 11 is 0. The van der Waals surface area contributed by atoms with Crippen LogP contribution in [-0.4, -0.2) is 27.3 Å². The van der Waals surface area contributed by atoms with E-state index in [4.69, 9.17) is 0 Å². The van der Waals surface area contributed by atoms with Crippen LogP contribution in [0.2, 0.25) is 0 Å².